The molecule has 3 rings (SSSR count). The van der Waals surface area contributed by atoms with Crippen molar-refractivity contribution in [1.82, 2.24) is 20.6 Å². The first-order chi connectivity index (χ1) is 12.1. The molecule has 0 aliphatic carbocycles. The number of benzene rings is 1. The topological polar surface area (TPSA) is 103 Å². The highest BCUT2D eigenvalue weighted by molar-refractivity contribution is 5.94. The van der Waals surface area contributed by atoms with E-state index in [1.807, 2.05) is 32.0 Å². The van der Waals surface area contributed by atoms with Gasteiger partial charge >= 0.3 is 5.97 Å². The smallest absolute Gasteiger partial charge is 0.361 e. The molecule has 0 saturated heterocycles. The number of esters is 1. The van der Waals surface area contributed by atoms with Crippen molar-refractivity contribution in [2.75, 3.05) is 6.61 Å². The van der Waals surface area contributed by atoms with Crippen LogP contribution in [0.25, 0.3) is 11.3 Å². The molecule has 2 aromatic heterocycles. The summed E-state index contributed by atoms with van der Waals surface area (Å²) in [5, 5.41) is 14.4. The number of carbonyl (C=O) groups excluding carboxylic acids is 1. The van der Waals surface area contributed by atoms with Gasteiger partial charge in [-0.3, -0.25) is 0 Å². The number of aromatic amines is 1. The number of nitrogens with zero attached hydrogens (tertiary/aromatic N) is 3. The van der Waals surface area contributed by atoms with Crippen molar-refractivity contribution in [3.63, 3.8) is 0 Å². The van der Waals surface area contributed by atoms with E-state index < -0.39 is 5.97 Å². The Morgan fingerprint density at radius 2 is 2.04 bits per heavy atom. The molecule has 0 bridgehead atoms. The molecule has 0 aliphatic rings. The Bertz CT molecular complexity index is 865. The minimum atomic E-state index is -0.535. The largest absolute Gasteiger partial charge is 0.488 e. The number of aryl methyl sites for hydroxylation is 2. The fraction of sp³-hybridized carbons (Fsp3) is 0.294. The van der Waals surface area contributed by atoms with E-state index in [4.69, 9.17) is 14.0 Å². The zero-order valence-corrected chi connectivity index (χ0v) is 14.2. The van der Waals surface area contributed by atoms with E-state index in [-0.39, 0.29) is 12.3 Å². The molecule has 1 aromatic carbocycles. The van der Waals surface area contributed by atoms with Crippen LogP contribution in [0.15, 0.2) is 28.8 Å². The van der Waals surface area contributed by atoms with Crippen LogP contribution in [0.3, 0.4) is 0 Å². The van der Waals surface area contributed by atoms with E-state index in [1.54, 1.807) is 13.0 Å². The third kappa shape index (κ3) is 3.37. The summed E-state index contributed by atoms with van der Waals surface area (Å²) in [6.07, 6.45) is 0. The zero-order valence-electron chi connectivity index (χ0n) is 14.2. The number of H-pyrrole nitrogens is 1. The Labute approximate surface area is 144 Å². The molecule has 0 radical (unpaired) electrons. The Morgan fingerprint density at radius 3 is 2.76 bits per heavy atom. The number of ether oxygens (including phenoxy) is 2. The van der Waals surface area contributed by atoms with Crippen LogP contribution in [0, 0.1) is 13.8 Å². The van der Waals surface area contributed by atoms with Gasteiger partial charge in [-0.2, -0.15) is 10.3 Å². The lowest BCUT2D eigenvalue weighted by Gasteiger charge is -2.10. The average Bonchev–Trinajstić information content (AvgIpc) is 3.21. The first-order valence-corrected chi connectivity index (χ1v) is 7.83. The molecule has 2 heterocycles. The van der Waals surface area contributed by atoms with Crippen molar-refractivity contribution in [3.8, 4) is 17.0 Å². The number of carbonyl (C=O) groups is 1. The molecule has 8 heteroatoms. The van der Waals surface area contributed by atoms with E-state index in [9.17, 15) is 4.79 Å². The monoisotopic (exact) mass is 342 g/mol. The van der Waals surface area contributed by atoms with Crippen LogP contribution in [0.5, 0.6) is 5.75 Å². The van der Waals surface area contributed by atoms with Crippen molar-refractivity contribution in [2.45, 2.75) is 27.4 Å². The van der Waals surface area contributed by atoms with E-state index in [0.717, 1.165) is 11.3 Å². The summed E-state index contributed by atoms with van der Waals surface area (Å²) < 4.78 is 16.1. The Balaban J connectivity index is 1.90. The molecule has 25 heavy (non-hydrogen) atoms. The molecule has 0 atom stereocenters. The van der Waals surface area contributed by atoms with Gasteiger partial charge in [0.05, 0.1) is 17.9 Å². The van der Waals surface area contributed by atoms with Crippen molar-refractivity contribution in [2.24, 2.45) is 0 Å². The number of para-hydroxylation sites is 1. The maximum atomic E-state index is 12.0. The molecule has 0 aliphatic heterocycles. The third-order valence-corrected chi connectivity index (χ3v) is 3.71. The van der Waals surface area contributed by atoms with Gasteiger partial charge in [0.15, 0.2) is 5.69 Å². The number of aromatic nitrogens is 4. The van der Waals surface area contributed by atoms with Gasteiger partial charge in [-0.1, -0.05) is 17.3 Å². The van der Waals surface area contributed by atoms with Crippen molar-refractivity contribution in [1.29, 1.82) is 0 Å². The summed E-state index contributed by atoms with van der Waals surface area (Å²) in [5.41, 5.74) is 2.82. The highest BCUT2D eigenvalue weighted by Gasteiger charge is 2.22. The molecule has 0 unspecified atom stereocenters. The molecule has 0 fully saturated rings. The number of nitrogens with one attached hydrogen (secondary N) is 1. The van der Waals surface area contributed by atoms with Gasteiger partial charge in [-0.25, -0.2) is 4.79 Å². The maximum Gasteiger partial charge on any atom is 0.361 e. The first-order valence-electron chi connectivity index (χ1n) is 7.83. The van der Waals surface area contributed by atoms with Crippen molar-refractivity contribution >= 4 is 5.97 Å². The highest BCUT2D eigenvalue weighted by atomic mass is 16.5. The second-order valence-corrected chi connectivity index (χ2v) is 5.33. The van der Waals surface area contributed by atoms with Crippen LogP contribution in [0.2, 0.25) is 0 Å². The van der Waals surface area contributed by atoms with Crippen LogP contribution >= 0.6 is 0 Å². The lowest BCUT2D eigenvalue weighted by atomic mass is 10.1. The first kappa shape index (κ1) is 16.7. The van der Waals surface area contributed by atoms with E-state index in [2.05, 4.69) is 20.6 Å². The minimum absolute atomic E-state index is 0.121. The normalized spacial score (nSPS) is 10.7. The Morgan fingerprint density at radius 1 is 1.24 bits per heavy atom. The summed E-state index contributed by atoms with van der Waals surface area (Å²) >= 11 is 0. The summed E-state index contributed by atoms with van der Waals surface area (Å²) in [6, 6.07) is 7.29. The van der Waals surface area contributed by atoms with Crippen molar-refractivity contribution < 1.29 is 18.8 Å². The second-order valence-electron chi connectivity index (χ2n) is 5.33. The van der Waals surface area contributed by atoms with Gasteiger partial charge in [0.25, 0.3) is 0 Å². The number of hydrogen-bond acceptors (Lipinski definition) is 7. The Kier molecular flexibility index (Phi) is 4.78. The quantitative estimate of drug-likeness (QED) is 0.687. The predicted octanol–water partition coefficient (Wildman–Crippen LogP) is 2.83. The predicted molar refractivity (Wildman–Crippen MR) is 88.1 cm³/mol. The summed E-state index contributed by atoms with van der Waals surface area (Å²) in [5.74, 6) is 0.748. The van der Waals surface area contributed by atoms with Gasteiger partial charge < -0.3 is 14.0 Å². The summed E-state index contributed by atoms with van der Waals surface area (Å²) in [7, 11) is 0. The molecule has 1 N–H and O–H groups in total. The van der Waals surface area contributed by atoms with Gasteiger partial charge in [0.1, 0.15) is 23.8 Å². The molecule has 0 saturated carbocycles. The summed E-state index contributed by atoms with van der Waals surface area (Å²) in [6.45, 7) is 5.98. The lowest BCUT2D eigenvalue weighted by Crippen LogP contribution is -2.07. The second kappa shape index (κ2) is 7.16. The Hall–Kier alpha value is -3.16. The van der Waals surface area contributed by atoms with Crippen LogP contribution in [0.4, 0.5) is 0 Å². The molecule has 0 spiro atoms. The van der Waals surface area contributed by atoms with Crippen LogP contribution < -0.4 is 4.74 Å². The van der Waals surface area contributed by atoms with Crippen LogP contribution in [-0.4, -0.2) is 33.1 Å². The van der Waals surface area contributed by atoms with Gasteiger partial charge in [-0.05, 0) is 32.9 Å². The third-order valence-electron chi connectivity index (χ3n) is 3.71. The SMILES string of the molecule is CCOC(=O)c1n[nH]nc1-c1ccccc1OCc1c(C)noc1C. The number of hydrogen-bond donors (Lipinski definition) is 1. The number of rotatable bonds is 6. The van der Waals surface area contributed by atoms with E-state index in [0.29, 0.717) is 29.4 Å². The van der Waals surface area contributed by atoms with Crippen LogP contribution in [0.1, 0.15) is 34.4 Å². The van der Waals surface area contributed by atoms with E-state index >= 15 is 0 Å². The van der Waals surface area contributed by atoms with Gasteiger partial charge in [0, 0.05) is 5.56 Å². The van der Waals surface area contributed by atoms with Crippen LogP contribution in [-0.2, 0) is 11.3 Å². The molecule has 8 nitrogen and oxygen atoms in total. The minimum Gasteiger partial charge on any atom is -0.488 e. The zero-order chi connectivity index (χ0) is 17.8. The van der Waals surface area contributed by atoms with Gasteiger partial charge in [0.2, 0.25) is 0 Å². The van der Waals surface area contributed by atoms with Gasteiger partial charge in [-0.15, -0.1) is 5.10 Å². The molecular weight excluding hydrogens is 324 g/mol. The van der Waals surface area contributed by atoms with E-state index in [1.165, 1.54) is 0 Å². The standard InChI is InChI=1S/C17H18N4O4/c1-4-23-17(22)16-15(18-21-19-16)12-7-5-6-8-14(12)24-9-13-10(2)20-25-11(13)3/h5-8H,4,9H2,1-3H3,(H,18,19,21). The molecule has 3 aromatic rings. The average molecular weight is 342 g/mol. The highest BCUT2D eigenvalue weighted by Crippen LogP contribution is 2.31. The molecular formula is C17H18N4O4. The fourth-order valence-electron chi connectivity index (χ4n) is 2.41. The summed E-state index contributed by atoms with van der Waals surface area (Å²) in [4.78, 5) is 12.0. The molecule has 0 amide bonds. The fourth-order valence-corrected chi connectivity index (χ4v) is 2.41. The molecule has 130 valence electrons. The van der Waals surface area contributed by atoms with Crippen molar-refractivity contribution in [3.05, 3.63) is 47.0 Å². The lowest BCUT2D eigenvalue weighted by molar-refractivity contribution is 0.0520. The maximum absolute atomic E-state index is 12.0.